The van der Waals surface area contributed by atoms with E-state index in [1.165, 1.54) is 40.4 Å². The number of hydrogen-bond acceptors (Lipinski definition) is 7. The van der Waals surface area contributed by atoms with Crippen LogP contribution in [-0.2, 0) is 17.6 Å². The standard InChI is InChI=1S/C24H36N6O2S/c1-3-30(24(32)27-7-10-29-8-5-4-6-9-29)23(31)17-11-16-12-18-19(14-25)22(26)33-21(18)13-20(16)28(2)15-17/h16-17,20H,3-13,15,26H2,1-2H3,(H,27,32)/t16-,17-,20-/m1/s1. The number of imide groups is 1. The van der Waals surface area contributed by atoms with Gasteiger partial charge in [0.05, 0.1) is 11.5 Å². The van der Waals surface area contributed by atoms with E-state index in [1.807, 2.05) is 6.92 Å². The topological polar surface area (TPSA) is 106 Å². The van der Waals surface area contributed by atoms with Gasteiger partial charge >= 0.3 is 6.03 Å². The average molecular weight is 473 g/mol. The summed E-state index contributed by atoms with van der Waals surface area (Å²) in [6.07, 6.45) is 6.13. The largest absolute Gasteiger partial charge is 0.389 e. The number of thiophene rings is 1. The number of anilines is 1. The van der Waals surface area contributed by atoms with Gasteiger partial charge in [-0.2, -0.15) is 5.26 Å². The summed E-state index contributed by atoms with van der Waals surface area (Å²) in [7, 11) is 2.07. The Kier molecular flexibility index (Phi) is 7.57. The van der Waals surface area contributed by atoms with Gasteiger partial charge in [-0.3, -0.25) is 9.69 Å². The average Bonchev–Trinajstić information content (AvgIpc) is 3.12. The first-order valence-corrected chi connectivity index (χ1v) is 13.1. The van der Waals surface area contributed by atoms with Crippen LogP contribution in [0.25, 0.3) is 0 Å². The molecule has 3 N–H and O–H groups in total. The number of fused-ring (bicyclic) bond motifs is 2. The van der Waals surface area contributed by atoms with Crippen molar-refractivity contribution >= 4 is 28.3 Å². The first-order chi connectivity index (χ1) is 15.9. The van der Waals surface area contributed by atoms with E-state index in [0.29, 0.717) is 36.2 Å². The van der Waals surface area contributed by atoms with Crippen LogP contribution in [0.15, 0.2) is 0 Å². The van der Waals surface area contributed by atoms with Crippen molar-refractivity contribution in [1.29, 1.82) is 5.26 Å². The van der Waals surface area contributed by atoms with Crippen molar-refractivity contribution in [3.05, 3.63) is 16.0 Å². The molecule has 3 aliphatic rings. The van der Waals surface area contributed by atoms with E-state index in [1.54, 1.807) is 0 Å². The van der Waals surface area contributed by atoms with E-state index in [2.05, 4.69) is 28.2 Å². The fraction of sp³-hybridized carbons (Fsp3) is 0.708. The minimum absolute atomic E-state index is 0.0885. The van der Waals surface area contributed by atoms with Crippen LogP contribution in [0.1, 0.15) is 48.6 Å². The second kappa shape index (κ2) is 10.4. The van der Waals surface area contributed by atoms with Gasteiger partial charge in [-0.25, -0.2) is 4.79 Å². The van der Waals surface area contributed by atoms with Crippen molar-refractivity contribution in [2.24, 2.45) is 11.8 Å². The molecule has 3 atom stereocenters. The Bertz CT molecular complexity index is 919. The van der Waals surface area contributed by atoms with Gasteiger partial charge in [-0.05, 0) is 70.6 Å². The number of nitrogens with one attached hydrogen (secondary N) is 1. The smallest absolute Gasteiger partial charge is 0.324 e. The Hall–Kier alpha value is -2.15. The molecule has 0 saturated carbocycles. The summed E-state index contributed by atoms with van der Waals surface area (Å²) in [6.45, 7) is 6.46. The van der Waals surface area contributed by atoms with Crippen LogP contribution >= 0.6 is 11.3 Å². The number of rotatable bonds is 5. The molecule has 3 amide bonds. The summed E-state index contributed by atoms with van der Waals surface area (Å²) >= 11 is 1.53. The quantitative estimate of drug-likeness (QED) is 0.681. The third kappa shape index (κ3) is 5.03. The monoisotopic (exact) mass is 472 g/mol. The minimum atomic E-state index is -0.285. The van der Waals surface area contributed by atoms with Gasteiger partial charge in [-0.1, -0.05) is 6.42 Å². The maximum Gasteiger partial charge on any atom is 0.324 e. The summed E-state index contributed by atoms with van der Waals surface area (Å²) < 4.78 is 0. The van der Waals surface area contributed by atoms with E-state index in [-0.39, 0.29) is 23.8 Å². The van der Waals surface area contributed by atoms with Crippen LogP contribution in [0, 0.1) is 23.2 Å². The summed E-state index contributed by atoms with van der Waals surface area (Å²) in [4.78, 5) is 33.5. The number of nitrogens with zero attached hydrogens (tertiary/aromatic N) is 4. The van der Waals surface area contributed by atoms with Crippen LogP contribution in [0.2, 0.25) is 0 Å². The Morgan fingerprint density at radius 1 is 1.27 bits per heavy atom. The maximum absolute atomic E-state index is 13.4. The highest BCUT2D eigenvalue weighted by atomic mass is 32.1. The fourth-order valence-corrected chi connectivity index (χ4v) is 6.97. The Balaban J connectivity index is 1.37. The number of nitrogen functional groups attached to an aromatic ring is 1. The van der Waals surface area contributed by atoms with Crippen molar-refractivity contribution in [1.82, 2.24) is 20.0 Å². The van der Waals surface area contributed by atoms with Crippen molar-refractivity contribution in [3.8, 4) is 6.07 Å². The Labute approximate surface area is 200 Å². The third-order valence-corrected chi connectivity index (χ3v) is 8.71. The van der Waals surface area contributed by atoms with Crippen LogP contribution in [0.4, 0.5) is 9.80 Å². The highest BCUT2D eigenvalue weighted by Gasteiger charge is 2.43. The molecule has 0 bridgehead atoms. The second-order valence-corrected chi connectivity index (χ2v) is 10.8. The van der Waals surface area contributed by atoms with Crippen molar-refractivity contribution in [2.45, 2.75) is 51.5 Å². The molecule has 0 radical (unpaired) electrons. The number of likely N-dealkylation sites (tertiary alicyclic amines) is 2. The molecular formula is C24H36N6O2S. The lowest BCUT2D eigenvalue weighted by Crippen LogP contribution is -2.55. The predicted octanol–water partition coefficient (Wildman–Crippen LogP) is 2.28. The lowest BCUT2D eigenvalue weighted by atomic mass is 9.74. The first-order valence-electron chi connectivity index (χ1n) is 12.2. The molecule has 1 aliphatic carbocycles. The highest BCUT2D eigenvalue weighted by molar-refractivity contribution is 7.16. The highest BCUT2D eigenvalue weighted by Crippen LogP contribution is 2.42. The van der Waals surface area contributed by atoms with E-state index in [4.69, 9.17) is 5.73 Å². The van der Waals surface area contributed by atoms with Crippen molar-refractivity contribution < 1.29 is 9.59 Å². The van der Waals surface area contributed by atoms with Crippen LogP contribution < -0.4 is 11.1 Å². The summed E-state index contributed by atoms with van der Waals surface area (Å²) in [5.74, 6) is -0.0197. The Morgan fingerprint density at radius 2 is 2.03 bits per heavy atom. The van der Waals surface area contributed by atoms with Crippen LogP contribution in [-0.4, -0.2) is 79.0 Å². The molecule has 1 aromatic heterocycles. The first kappa shape index (κ1) is 24.0. The van der Waals surface area contributed by atoms with Gasteiger partial charge in [0.15, 0.2) is 0 Å². The third-order valence-electron chi connectivity index (χ3n) is 7.63. The van der Waals surface area contributed by atoms with Crippen LogP contribution in [0.5, 0.6) is 0 Å². The molecule has 3 heterocycles. The molecule has 33 heavy (non-hydrogen) atoms. The molecule has 180 valence electrons. The van der Waals surface area contributed by atoms with E-state index < -0.39 is 0 Å². The van der Waals surface area contributed by atoms with Gasteiger partial charge in [0.25, 0.3) is 0 Å². The van der Waals surface area contributed by atoms with Crippen molar-refractivity contribution in [2.75, 3.05) is 52.0 Å². The summed E-state index contributed by atoms with van der Waals surface area (Å²) in [5, 5.41) is 13.1. The number of hydrogen-bond donors (Lipinski definition) is 2. The van der Waals surface area contributed by atoms with Crippen molar-refractivity contribution in [3.63, 3.8) is 0 Å². The number of nitriles is 1. The SMILES string of the molecule is CCN(C(=O)NCCN1CCCCC1)C(=O)[C@@H]1C[C@@H]2Cc3c(sc(N)c3C#N)C[C@H]2N(C)C1. The number of urea groups is 1. The van der Waals surface area contributed by atoms with E-state index in [0.717, 1.165) is 44.5 Å². The van der Waals surface area contributed by atoms with Gasteiger partial charge in [-0.15, -0.1) is 11.3 Å². The molecular weight excluding hydrogens is 436 g/mol. The number of carbonyl (C=O) groups is 2. The zero-order chi connectivity index (χ0) is 23.5. The van der Waals surface area contributed by atoms with Crippen LogP contribution in [0.3, 0.4) is 0 Å². The molecule has 2 saturated heterocycles. The zero-order valence-corrected chi connectivity index (χ0v) is 20.6. The molecule has 0 unspecified atom stereocenters. The molecule has 4 rings (SSSR count). The van der Waals surface area contributed by atoms with E-state index >= 15 is 0 Å². The number of piperidine rings is 2. The number of likely N-dealkylation sites (N-methyl/N-ethyl adjacent to an activating group) is 1. The molecule has 0 spiro atoms. The predicted molar refractivity (Wildman–Crippen MR) is 130 cm³/mol. The normalized spacial score (nSPS) is 25.5. The molecule has 0 aromatic carbocycles. The number of amides is 3. The molecule has 1 aromatic rings. The van der Waals surface area contributed by atoms with Gasteiger partial charge in [0, 0.05) is 37.1 Å². The molecule has 9 heteroatoms. The lowest BCUT2D eigenvalue weighted by molar-refractivity contribution is -0.135. The fourth-order valence-electron chi connectivity index (χ4n) is 5.87. The van der Waals surface area contributed by atoms with E-state index in [9.17, 15) is 14.9 Å². The summed E-state index contributed by atoms with van der Waals surface area (Å²) in [6, 6.07) is 2.33. The molecule has 8 nitrogen and oxygen atoms in total. The molecule has 2 fully saturated rings. The minimum Gasteiger partial charge on any atom is -0.389 e. The number of carbonyl (C=O) groups excluding carboxylic acids is 2. The van der Waals surface area contributed by atoms with Gasteiger partial charge in [0.1, 0.15) is 11.1 Å². The summed E-state index contributed by atoms with van der Waals surface area (Å²) in [5.41, 5.74) is 7.78. The molecule has 2 aliphatic heterocycles. The zero-order valence-electron chi connectivity index (χ0n) is 19.8. The maximum atomic E-state index is 13.4. The number of nitrogens with two attached hydrogens (primary N) is 1. The van der Waals surface area contributed by atoms with Gasteiger partial charge in [0.2, 0.25) is 5.91 Å². The second-order valence-electron chi connectivity index (χ2n) is 9.68. The van der Waals surface area contributed by atoms with Gasteiger partial charge < -0.3 is 20.9 Å². The Morgan fingerprint density at radius 3 is 2.73 bits per heavy atom. The lowest BCUT2D eigenvalue weighted by Gasteiger charge is -2.45.